The third-order valence-electron chi connectivity index (χ3n) is 2.64. The number of halogens is 2. The molecule has 0 bridgehead atoms. The number of likely N-dealkylation sites (N-methyl/N-ethyl adjacent to an activating group) is 1. The molecule has 0 amide bonds. The lowest BCUT2D eigenvalue weighted by Gasteiger charge is -2.17. The van der Waals surface area contributed by atoms with Crippen LogP contribution in [-0.4, -0.2) is 17.0 Å². The van der Waals surface area contributed by atoms with Crippen LogP contribution in [0.3, 0.4) is 0 Å². The van der Waals surface area contributed by atoms with Gasteiger partial charge in [-0.1, -0.05) is 33.6 Å². The fraction of sp³-hybridized carbons (Fsp3) is 0.250. The Balaban J connectivity index is 2.23. The van der Waals surface area contributed by atoms with E-state index in [2.05, 4.69) is 31.2 Å². The molecule has 0 fully saturated rings. The minimum absolute atomic E-state index is 0.154. The minimum Gasteiger partial charge on any atom is -0.349 e. The van der Waals surface area contributed by atoms with Crippen LogP contribution in [0.1, 0.15) is 17.4 Å². The van der Waals surface area contributed by atoms with Crippen LogP contribution in [0.15, 0.2) is 35.1 Å². The van der Waals surface area contributed by atoms with Gasteiger partial charge in [0, 0.05) is 34.4 Å². The first kappa shape index (κ1) is 12.6. The van der Waals surface area contributed by atoms with Gasteiger partial charge in [-0.2, -0.15) is 0 Å². The Morgan fingerprint density at radius 3 is 2.94 bits per heavy atom. The van der Waals surface area contributed by atoms with Gasteiger partial charge in [-0.3, -0.25) is 0 Å². The summed E-state index contributed by atoms with van der Waals surface area (Å²) in [6.45, 7) is 0. The van der Waals surface area contributed by atoms with Crippen LogP contribution >= 0.6 is 27.5 Å². The standard InChI is InChI=1S/C12H13BrClN3/c1-15-11(7-12-16-4-5-17-12)9-3-2-8(13)6-10(9)14/h2-6,11,15H,7H2,1H3,(H,16,17). The molecular weight excluding hydrogens is 302 g/mol. The molecule has 0 saturated carbocycles. The van der Waals surface area contributed by atoms with Crippen molar-refractivity contribution in [1.82, 2.24) is 15.3 Å². The van der Waals surface area contributed by atoms with Crippen molar-refractivity contribution in [1.29, 1.82) is 0 Å². The van der Waals surface area contributed by atoms with Crippen molar-refractivity contribution >= 4 is 27.5 Å². The molecule has 2 aromatic rings. The smallest absolute Gasteiger partial charge is 0.107 e. The van der Waals surface area contributed by atoms with Gasteiger partial charge in [0.2, 0.25) is 0 Å². The number of imidazole rings is 1. The molecule has 1 heterocycles. The molecule has 2 N–H and O–H groups in total. The van der Waals surface area contributed by atoms with Gasteiger partial charge in [-0.05, 0) is 24.7 Å². The topological polar surface area (TPSA) is 40.7 Å². The van der Waals surface area contributed by atoms with E-state index in [0.29, 0.717) is 0 Å². The Kier molecular flexibility index (Phi) is 4.20. The van der Waals surface area contributed by atoms with E-state index in [9.17, 15) is 0 Å². The Morgan fingerprint density at radius 1 is 1.53 bits per heavy atom. The maximum atomic E-state index is 6.24. The molecule has 0 radical (unpaired) electrons. The molecular formula is C12H13BrClN3. The fourth-order valence-corrected chi connectivity index (χ4v) is 2.56. The second kappa shape index (κ2) is 5.67. The van der Waals surface area contributed by atoms with Gasteiger partial charge in [0.1, 0.15) is 5.82 Å². The van der Waals surface area contributed by atoms with E-state index in [0.717, 1.165) is 27.3 Å². The first-order valence-corrected chi connectivity index (χ1v) is 6.48. The second-order valence-electron chi connectivity index (χ2n) is 3.75. The first-order chi connectivity index (χ1) is 8.20. The van der Waals surface area contributed by atoms with Crippen molar-refractivity contribution in [3.05, 3.63) is 51.5 Å². The molecule has 17 heavy (non-hydrogen) atoms. The molecule has 0 aliphatic rings. The summed E-state index contributed by atoms with van der Waals surface area (Å²) >= 11 is 9.65. The van der Waals surface area contributed by atoms with Crippen molar-refractivity contribution in [3.8, 4) is 0 Å². The van der Waals surface area contributed by atoms with E-state index in [1.807, 2.05) is 31.4 Å². The number of nitrogens with one attached hydrogen (secondary N) is 2. The maximum Gasteiger partial charge on any atom is 0.107 e. The lowest BCUT2D eigenvalue weighted by molar-refractivity contribution is 0.578. The van der Waals surface area contributed by atoms with Crippen molar-refractivity contribution in [3.63, 3.8) is 0 Å². The lowest BCUT2D eigenvalue weighted by atomic mass is 10.0. The molecule has 3 nitrogen and oxygen atoms in total. The molecule has 0 aliphatic carbocycles. The third-order valence-corrected chi connectivity index (χ3v) is 3.46. The van der Waals surface area contributed by atoms with Crippen molar-refractivity contribution in [2.24, 2.45) is 0 Å². The number of hydrogen-bond donors (Lipinski definition) is 2. The molecule has 90 valence electrons. The van der Waals surface area contributed by atoms with Crippen LogP contribution in [0.5, 0.6) is 0 Å². The largest absolute Gasteiger partial charge is 0.349 e. The van der Waals surface area contributed by atoms with Gasteiger partial charge in [0.05, 0.1) is 0 Å². The maximum absolute atomic E-state index is 6.24. The number of nitrogens with zero attached hydrogens (tertiary/aromatic N) is 1. The molecule has 0 spiro atoms. The Bertz CT molecular complexity index is 485. The van der Waals surface area contributed by atoms with E-state index in [1.54, 1.807) is 6.20 Å². The normalized spacial score (nSPS) is 12.6. The highest BCUT2D eigenvalue weighted by atomic mass is 79.9. The molecule has 1 unspecified atom stereocenters. The number of hydrogen-bond acceptors (Lipinski definition) is 2. The van der Waals surface area contributed by atoms with Crippen LogP contribution in [0.25, 0.3) is 0 Å². The summed E-state index contributed by atoms with van der Waals surface area (Å²) in [5, 5.41) is 4.01. The average molecular weight is 315 g/mol. The number of rotatable bonds is 4. The summed E-state index contributed by atoms with van der Waals surface area (Å²) in [6.07, 6.45) is 4.36. The summed E-state index contributed by atoms with van der Waals surface area (Å²) in [5.41, 5.74) is 1.08. The monoisotopic (exact) mass is 313 g/mol. The second-order valence-corrected chi connectivity index (χ2v) is 5.07. The third kappa shape index (κ3) is 3.09. The highest BCUT2D eigenvalue weighted by Gasteiger charge is 2.14. The molecule has 0 saturated heterocycles. The van der Waals surface area contributed by atoms with Gasteiger partial charge >= 0.3 is 0 Å². The average Bonchev–Trinajstić information content (AvgIpc) is 2.79. The van der Waals surface area contributed by atoms with E-state index >= 15 is 0 Å². The minimum atomic E-state index is 0.154. The summed E-state index contributed by atoms with van der Waals surface area (Å²) in [4.78, 5) is 7.33. The van der Waals surface area contributed by atoms with Crippen molar-refractivity contribution < 1.29 is 0 Å². The van der Waals surface area contributed by atoms with Gasteiger partial charge in [-0.25, -0.2) is 4.98 Å². The van der Waals surface area contributed by atoms with Crippen LogP contribution in [-0.2, 0) is 6.42 Å². The summed E-state index contributed by atoms with van der Waals surface area (Å²) in [5.74, 6) is 0.948. The zero-order chi connectivity index (χ0) is 12.3. The summed E-state index contributed by atoms with van der Waals surface area (Å²) in [7, 11) is 1.92. The predicted octanol–water partition coefficient (Wildman–Crippen LogP) is 3.33. The van der Waals surface area contributed by atoms with Gasteiger partial charge < -0.3 is 10.3 Å². The molecule has 5 heteroatoms. The SMILES string of the molecule is CNC(Cc1ncc[nH]1)c1ccc(Br)cc1Cl. The van der Waals surface area contributed by atoms with Crippen LogP contribution < -0.4 is 5.32 Å². The highest BCUT2D eigenvalue weighted by molar-refractivity contribution is 9.10. The van der Waals surface area contributed by atoms with E-state index in [-0.39, 0.29) is 6.04 Å². The first-order valence-electron chi connectivity index (χ1n) is 5.31. The van der Waals surface area contributed by atoms with Crippen molar-refractivity contribution in [2.45, 2.75) is 12.5 Å². The Hall–Kier alpha value is -0.840. The number of benzene rings is 1. The van der Waals surface area contributed by atoms with Crippen LogP contribution in [0.2, 0.25) is 5.02 Å². The zero-order valence-electron chi connectivity index (χ0n) is 9.37. The van der Waals surface area contributed by atoms with Gasteiger partial charge in [-0.15, -0.1) is 0 Å². The molecule has 2 rings (SSSR count). The fourth-order valence-electron chi connectivity index (χ4n) is 1.75. The van der Waals surface area contributed by atoms with Crippen LogP contribution in [0, 0.1) is 0 Å². The number of aromatic amines is 1. The van der Waals surface area contributed by atoms with Crippen molar-refractivity contribution in [2.75, 3.05) is 7.05 Å². The number of H-pyrrole nitrogens is 1. The predicted molar refractivity (Wildman–Crippen MR) is 73.2 cm³/mol. The Morgan fingerprint density at radius 2 is 2.35 bits per heavy atom. The molecule has 1 atom stereocenters. The van der Waals surface area contributed by atoms with Gasteiger partial charge in [0.15, 0.2) is 0 Å². The van der Waals surface area contributed by atoms with Gasteiger partial charge in [0.25, 0.3) is 0 Å². The zero-order valence-corrected chi connectivity index (χ0v) is 11.7. The van der Waals surface area contributed by atoms with E-state index < -0.39 is 0 Å². The lowest BCUT2D eigenvalue weighted by Crippen LogP contribution is -2.19. The molecule has 1 aromatic carbocycles. The molecule has 0 aliphatic heterocycles. The van der Waals surface area contributed by atoms with Crippen LogP contribution in [0.4, 0.5) is 0 Å². The number of aromatic nitrogens is 2. The van der Waals surface area contributed by atoms with E-state index in [4.69, 9.17) is 11.6 Å². The Labute approximate surface area is 114 Å². The highest BCUT2D eigenvalue weighted by Crippen LogP contribution is 2.27. The quantitative estimate of drug-likeness (QED) is 0.909. The molecule has 1 aromatic heterocycles. The van der Waals surface area contributed by atoms with E-state index in [1.165, 1.54) is 0 Å². The summed E-state index contributed by atoms with van der Waals surface area (Å²) in [6, 6.07) is 6.08. The summed E-state index contributed by atoms with van der Waals surface area (Å²) < 4.78 is 0.985.